The van der Waals surface area contributed by atoms with E-state index in [-0.39, 0.29) is 6.10 Å². The molecule has 1 saturated heterocycles. The fraction of sp³-hybridized carbons (Fsp3) is 0.625. The number of likely N-dealkylation sites (N-methyl/N-ethyl adjacent to an activating group) is 1. The van der Waals surface area contributed by atoms with Crippen LogP contribution in [0.3, 0.4) is 0 Å². The molecule has 2 atom stereocenters. The number of rotatable bonds is 5. The molecule has 1 aromatic carbocycles. The second-order valence-corrected chi connectivity index (χ2v) is 6.54. The molecule has 4 heteroatoms. The van der Waals surface area contributed by atoms with Crippen molar-refractivity contribution >= 4 is 15.9 Å². The molecule has 0 saturated carbocycles. The Labute approximate surface area is 130 Å². The zero-order valence-electron chi connectivity index (χ0n) is 12.6. The predicted molar refractivity (Wildman–Crippen MR) is 87.1 cm³/mol. The minimum atomic E-state index is 0.253. The standard InChI is InChI=1S/C16H25BrN2O/c1-12(2)19-8-9-20-16(11-19)15(18-3)10-13-6-4-5-7-14(13)17/h4-7,12,15-16,18H,8-11H2,1-3H3. The number of nitrogens with zero attached hydrogens (tertiary/aromatic N) is 1. The van der Waals surface area contributed by atoms with Gasteiger partial charge >= 0.3 is 0 Å². The van der Waals surface area contributed by atoms with Crippen molar-refractivity contribution in [1.82, 2.24) is 10.2 Å². The monoisotopic (exact) mass is 340 g/mol. The summed E-state index contributed by atoms with van der Waals surface area (Å²) in [5.41, 5.74) is 1.33. The molecule has 3 nitrogen and oxygen atoms in total. The van der Waals surface area contributed by atoms with Crippen molar-refractivity contribution in [3.05, 3.63) is 34.3 Å². The summed E-state index contributed by atoms with van der Waals surface area (Å²) in [7, 11) is 2.03. The molecule has 112 valence electrons. The van der Waals surface area contributed by atoms with E-state index >= 15 is 0 Å². The van der Waals surface area contributed by atoms with Gasteiger partial charge in [0.25, 0.3) is 0 Å². The lowest BCUT2D eigenvalue weighted by molar-refractivity contribution is -0.0542. The minimum absolute atomic E-state index is 0.253. The van der Waals surface area contributed by atoms with E-state index in [4.69, 9.17) is 4.74 Å². The van der Waals surface area contributed by atoms with Gasteiger partial charge in [-0.1, -0.05) is 34.1 Å². The molecule has 1 aliphatic heterocycles. The molecular formula is C16H25BrN2O. The first-order valence-electron chi connectivity index (χ1n) is 7.38. The van der Waals surface area contributed by atoms with E-state index in [1.54, 1.807) is 0 Å². The first-order valence-corrected chi connectivity index (χ1v) is 8.17. The third-order valence-corrected chi connectivity index (χ3v) is 4.85. The van der Waals surface area contributed by atoms with Crippen LogP contribution in [0.15, 0.2) is 28.7 Å². The molecule has 0 radical (unpaired) electrons. The summed E-state index contributed by atoms with van der Waals surface area (Å²) in [6, 6.07) is 9.36. The summed E-state index contributed by atoms with van der Waals surface area (Å²) >= 11 is 3.63. The molecule has 0 amide bonds. The average molecular weight is 341 g/mol. The van der Waals surface area contributed by atoms with E-state index in [9.17, 15) is 0 Å². The SMILES string of the molecule is CNC(Cc1ccccc1Br)C1CN(C(C)C)CCO1. The number of ether oxygens (including phenoxy) is 1. The van der Waals surface area contributed by atoms with Crippen LogP contribution in [0, 0.1) is 0 Å². The lowest BCUT2D eigenvalue weighted by Crippen LogP contribution is -2.53. The van der Waals surface area contributed by atoms with Crippen LogP contribution in [-0.4, -0.2) is 49.8 Å². The normalized spacial score (nSPS) is 22.1. The zero-order valence-corrected chi connectivity index (χ0v) is 14.2. The van der Waals surface area contributed by atoms with Crippen LogP contribution < -0.4 is 5.32 Å². The highest BCUT2D eigenvalue weighted by molar-refractivity contribution is 9.10. The van der Waals surface area contributed by atoms with Crippen molar-refractivity contribution in [2.24, 2.45) is 0 Å². The highest BCUT2D eigenvalue weighted by Gasteiger charge is 2.28. The molecule has 2 unspecified atom stereocenters. The lowest BCUT2D eigenvalue weighted by atomic mass is 9.99. The Morgan fingerprint density at radius 3 is 2.80 bits per heavy atom. The van der Waals surface area contributed by atoms with E-state index in [1.807, 2.05) is 7.05 Å². The summed E-state index contributed by atoms with van der Waals surface area (Å²) in [6.07, 6.45) is 1.23. The lowest BCUT2D eigenvalue weighted by Gasteiger charge is -2.39. The van der Waals surface area contributed by atoms with Gasteiger partial charge in [0.1, 0.15) is 0 Å². The number of morpholine rings is 1. The maximum absolute atomic E-state index is 6.00. The molecule has 1 N–H and O–H groups in total. The van der Waals surface area contributed by atoms with Gasteiger partial charge in [-0.3, -0.25) is 4.90 Å². The third kappa shape index (κ3) is 4.04. The highest BCUT2D eigenvalue weighted by atomic mass is 79.9. The van der Waals surface area contributed by atoms with Crippen molar-refractivity contribution < 1.29 is 4.74 Å². The molecule has 1 heterocycles. The summed E-state index contributed by atoms with van der Waals surface area (Å²) in [5, 5.41) is 3.43. The van der Waals surface area contributed by atoms with E-state index in [2.05, 4.69) is 64.3 Å². The van der Waals surface area contributed by atoms with Crippen LogP contribution in [0.25, 0.3) is 0 Å². The van der Waals surface area contributed by atoms with Crippen LogP contribution in [-0.2, 0) is 11.2 Å². The third-order valence-electron chi connectivity index (χ3n) is 4.07. The second-order valence-electron chi connectivity index (χ2n) is 5.69. The zero-order chi connectivity index (χ0) is 14.5. The minimum Gasteiger partial charge on any atom is -0.374 e. The predicted octanol–water partition coefficient (Wildman–Crippen LogP) is 2.69. The first-order chi connectivity index (χ1) is 9.61. The fourth-order valence-electron chi connectivity index (χ4n) is 2.73. The summed E-state index contributed by atoms with van der Waals surface area (Å²) < 4.78 is 7.18. The number of halogens is 1. The molecule has 0 aromatic heterocycles. The number of benzene rings is 1. The largest absolute Gasteiger partial charge is 0.374 e. The van der Waals surface area contributed by atoms with Gasteiger partial charge in [-0.15, -0.1) is 0 Å². The molecule has 1 fully saturated rings. The molecule has 0 aliphatic carbocycles. The van der Waals surface area contributed by atoms with Crippen LogP contribution in [0.2, 0.25) is 0 Å². The Morgan fingerprint density at radius 1 is 1.40 bits per heavy atom. The van der Waals surface area contributed by atoms with Gasteiger partial charge in [-0.2, -0.15) is 0 Å². The Hall–Kier alpha value is -0.420. The number of hydrogen-bond donors (Lipinski definition) is 1. The van der Waals surface area contributed by atoms with Crippen LogP contribution >= 0.6 is 15.9 Å². The molecule has 0 bridgehead atoms. The number of nitrogens with one attached hydrogen (secondary N) is 1. The van der Waals surface area contributed by atoms with Crippen LogP contribution in [0.4, 0.5) is 0 Å². The Kier molecular flexibility index (Phi) is 6.02. The van der Waals surface area contributed by atoms with E-state index in [0.717, 1.165) is 26.1 Å². The highest BCUT2D eigenvalue weighted by Crippen LogP contribution is 2.20. The van der Waals surface area contributed by atoms with Gasteiger partial charge in [0.15, 0.2) is 0 Å². The molecule has 1 aromatic rings. The second kappa shape index (κ2) is 7.55. The van der Waals surface area contributed by atoms with Gasteiger partial charge in [-0.25, -0.2) is 0 Å². The smallest absolute Gasteiger partial charge is 0.0858 e. The molecule has 1 aliphatic rings. The topological polar surface area (TPSA) is 24.5 Å². The van der Waals surface area contributed by atoms with Gasteiger partial charge < -0.3 is 10.1 Å². The van der Waals surface area contributed by atoms with Gasteiger partial charge in [0.2, 0.25) is 0 Å². The molecule has 2 rings (SSSR count). The Bertz CT molecular complexity index is 425. The van der Waals surface area contributed by atoms with E-state index in [1.165, 1.54) is 10.0 Å². The van der Waals surface area contributed by atoms with Crippen molar-refractivity contribution in [3.8, 4) is 0 Å². The van der Waals surface area contributed by atoms with Crippen molar-refractivity contribution in [2.45, 2.75) is 38.5 Å². The van der Waals surface area contributed by atoms with Crippen molar-refractivity contribution in [3.63, 3.8) is 0 Å². The van der Waals surface area contributed by atoms with Gasteiger partial charge in [0.05, 0.1) is 12.7 Å². The maximum Gasteiger partial charge on any atom is 0.0858 e. The average Bonchev–Trinajstić information content (AvgIpc) is 2.46. The van der Waals surface area contributed by atoms with Gasteiger partial charge in [0, 0.05) is 29.6 Å². The quantitative estimate of drug-likeness (QED) is 0.891. The fourth-order valence-corrected chi connectivity index (χ4v) is 3.18. The Morgan fingerprint density at radius 2 is 2.15 bits per heavy atom. The summed E-state index contributed by atoms with van der Waals surface area (Å²) in [6.45, 7) is 7.39. The van der Waals surface area contributed by atoms with Crippen LogP contribution in [0.1, 0.15) is 19.4 Å². The summed E-state index contributed by atoms with van der Waals surface area (Å²) in [5.74, 6) is 0. The first kappa shape index (κ1) is 16.0. The van der Waals surface area contributed by atoms with Gasteiger partial charge in [-0.05, 0) is 38.9 Å². The van der Waals surface area contributed by atoms with Crippen molar-refractivity contribution in [1.29, 1.82) is 0 Å². The van der Waals surface area contributed by atoms with Crippen LogP contribution in [0.5, 0.6) is 0 Å². The van der Waals surface area contributed by atoms with E-state index < -0.39 is 0 Å². The molecule has 20 heavy (non-hydrogen) atoms. The summed E-state index contributed by atoms with van der Waals surface area (Å²) in [4.78, 5) is 2.50. The maximum atomic E-state index is 6.00. The molecular weight excluding hydrogens is 316 g/mol. The van der Waals surface area contributed by atoms with E-state index in [0.29, 0.717) is 12.1 Å². The van der Waals surface area contributed by atoms with Crippen molar-refractivity contribution in [2.75, 3.05) is 26.7 Å². The Balaban J connectivity index is 2.03. The molecule has 0 spiro atoms. The number of hydrogen-bond acceptors (Lipinski definition) is 3.